The molecule has 1 N–H and O–H groups in total. The Bertz CT molecular complexity index is 1040. The number of furan rings is 1. The first-order valence-electron chi connectivity index (χ1n) is 10.7. The SMILES string of the molecule is Cc1ccc(C(=O)OCC(=O)Nc2ccc(N3CCN(Cc4ccccc4)CC3)cc2)o1. The van der Waals surface area contributed by atoms with Gasteiger partial charge in [-0.25, -0.2) is 4.79 Å². The van der Waals surface area contributed by atoms with Crippen molar-refractivity contribution in [3.05, 3.63) is 83.8 Å². The van der Waals surface area contributed by atoms with Gasteiger partial charge in [-0.3, -0.25) is 9.69 Å². The van der Waals surface area contributed by atoms with Crippen LogP contribution in [0.3, 0.4) is 0 Å². The van der Waals surface area contributed by atoms with Gasteiger partial charge in [0.25, 0.3) is 5.91 Å². The molecule has 1 aromatic heterocycles. The normalized spacial score (nSPS) is 14.2. The minimum Gasteiger partial charge on any atom is -0.454 e. The number of carbonyl (C=O) groups excluding carboxylic acids is 2. The van der Waals surface area contributed by atoms with Gasteiger partial charge in [-0.15, -0.1) is 0 Å². The highest BCUT2D eigenvalue weighted by Gasteiger charge is 2.18. The van der Waals surface area contributed by atoms with E-state index < -0.39 is 11.9 Å². The first kappa shape index (κ1) is 21.6. The molecular formula is C25H27N3O4. The molecule has 0 radical (unpaired) electrons. The summed E-state index contributed by atoms with van der Waals surface area (Å²) >= 11 is 0. The largest absolute Gasteiger partial charge is 0.454 e. The summed E-state index contributed by atoms with van der Waals surface area (Å²) in [5.41, 5.74) is 3.12. The molecule has 1 fully saturated rings. The Kier molecular flexibility index (Phi) is 6.87. The molecule has 3 aromatic rings. The molecule has 0 atom stereocenters. The summed E-state index contributed by atoms with van der Waals surface area (Å²) in [4.78, 5) is 28.8. The lowest BCUT2D eigenvalue weighted by Gasteiger charge is -2.36. The first-order chi connectivity index (χ1) is 15.6. The predicted molar refractivity (Wildman–Crippen MR) is 123 cm³/mol. The van der Waals surface area contributed by atoms with Gasteiger partial charge in [0.05, 0.1) is 0 Å². The number of benzene rings is 2. The molecule has 0 unspecified atom stereocenters. The number of ether oxygens (including phenoxy) is 1. The molecule has 7 heteroatoms. The Morgan fingerprint density at radius 2 is 1.66 bits per heavy atom. The zero-order valence-electron chi connectivity index (χ0n) is 18.1. The first-order valence-corrected chi connectivity index (χ1v) is 10.7. The lowest BCUT2D eigenvalue weighted by molar-refractivity contribution is -0.119. The second-order valence-electron chi connectivity index (χ2n) is 7.83. The summed E-state index contributed by atoms with van der Waals surface area (Å²) in [6, 6.07) is 21.4. The number of rotatable bonds is 7. The summed E-state index contributed by atoms with van der Waals surface area (Å²) in [6.45, 7) is 6.27. The fourth-order valence-corrected chi connectivity index (χ4v) is 3.70. The van der Waals surface area contributed by atoms with Crippen molar-refractivity contribution in [3.8, 4) is 0 Å². The maximum absolute atomic E-state index is 12.1. The van der Waals surface area contributed by atoms with Gasteiger partial charge in [0.2, 0.25) is 5.76 Å². The monoisotopic (exact) mass is 433 g/mol. The van der Waals surface area contributed by atoms with Crippen LogP contribution in [0, 0.1) is 6.92 Å². The van der Waals surface area contributed by atoms with E-state index in [0.29, 0.717) is 11.4 Å². The van der Waals surface area contributed by atoms with E-state index in [2.05, 4.69) is 39.4 Å². The molecule has 166 valence electrons. The summed E-state index contributed by atoms with van der Waals surface area (Å²) < 4.78 is 10.2. The average Bonchev–Trinajstić information content (AvgIpc) is 3.26. The molecule has 2 aromatic carbocycles. The van der Waals surface area contributed by atoms with Crippen molar-refractivity contribution in [1.29, 1.82) is 0 Å². The second kappa shape index (κ2) is 10.2. The van der Waals surface area contributed by atoms with Crippen molar-refractivity contribution in [2.75, 3.05) is 43.0 Å². The minimum absolute atomic E-state index is 0.0866. The topological polar surface area (TPSA) is 75.0 Å². The van der Waals surface area contributed by atoms with E-state index in [9.17, 15) is 9.59 Å². The highest BCUT2D eigenvalue weighted by Crippen LogP contribution is 2.20. The van der Waals surface area contributed by atoms with Gasteiger partial charge in [0.15, 0.2) is 6.61 Å². The van der Waals surface area contributed by atoms with Crippen molar-refractivity contribution < 1.29 is 18.7 Å². The van der Waals surface area contributed by atoms with Crippen molar-refractivity contribution in [2.24, 2.45) is 0 Å². The van der Waals surface area contributed by atoms with Crippen molar-refractivity contribution in [3.63, 3.8) is 0 Å². The van der Waals surface area contributed by atoms with Crippen LogP contribution in [0.25, 0.3) is 0 Å². The zero-order chi connectivity index (χ0) is 22.3. The summed E-state index contributed by atoms with van der Waals surface area (Å²) in [7, 11) is 0. The Labute approximate surface area is 187 Å². The quantitative estimate of drug-likeness (QED) is 0.573. The van der Waals surface area contributed by atoms with Gasteiger partial charge < -0.3 is 19.4 Å². The van der Waals surface area contributed by atoms with Crippen LogP contribution in [0.1, 0.15) is 21.9 Å². The molecule has 0 bridgehead atoms. The van der Waals surface area contributed by atoms with E-state index in [1.54, 1.807) is 13.0 Å². The number of nitrogens with zero attached hydrogens (tertiary/aromatic N) is 2. The van der Waals surface area contributed by atoms with E-state index in [1.807, 2.05) is 30.3 Å². The molecular weight excluding hydrogens is 406 g/mol. The van der Waals surface area contributed by atoms with Crippen molar-refractivity contribution in [2.45, 2.75) is 13.5 Å². The number of esters is 1. The molecule has 4 rings (SSSR count). The molecule has 1 saturated heterocycles. The smallest absolute Gasteiger partial charge is 0.374 e. The fourth-order valence-electron chi connectivity index (χ4n) is 3.70. The molecule has 0 aliphatic carbocycles. The van der Waals surface area contributed by atoms with Crippen LogP contribution in [0.5, 0.6) is 0 Å². The number of nitrogens with one attached hydrogen (secondary N) is 1. The van der Waals surface area contributed by atoms with Crippen molar-refractivity contribution >= 4 is 23.3 Å². The zero-order valence-corrected chi connectivity index (χ0v) is 18.1. The van der Waals surface area contributed by atoms with Crippen LogP contribution in [0.4, 0.5) is 11.4 Å². The number of aryl methyl sites for hydroxylation is 1. The molecule has 32 heavy (non-hydrogen) atoms. The second-order valence-corrected chi connectivity index (χ2v) is 7.83. The molecule has 0 saturated carbocycles. The van der Waals surface area contributed by atoms with Gasteiger partial charge in [-0.2, -0.15) is 0 Å². The van der Waals surface area contributed by atoms with E-state index in [-0.39, 0.29) is 12.4 Å². The Morgan fingerprint density at radius 1 is 0.938 bits per heavy atom. The number of hydrogen-bond donors (Lipinski definition) is 1. The Morgan fingerprint density at radius 3 is 2.31 bits per heavy atom. The molecule has 1 aliphatic rings. The van der Waals surface area contributed by atoms with Crippen LogP contribution < -0.4 is 10.2 Å². The highest BCUT2D eigenvalue weighted by molar-refractivity contribution is 5.94. The number of amides is 1. The average molecular weight is 434 g/mol. The maximum Gasteiger partial charge on any atom is 0.374 e. The summed E-state index contributed by atoms with van der Waals surface area (Å²) in [5.74, 6) is -0.360. The van der Waals surface area contributed by atoms with Gasteiger partial charge in [-0.1, -0.05) is 30.3 Å². The predicted octanol–water partition coefficient (Wildman–Crippen LogP) is 3.71. The van der Waals surface area contributed by atoms with Crippen LogP contribution in [-0.2, 0) is 16.1 Å². The van der Waals surface area contributed by atoms with E-state index in [1.165, 1.54) is 11.6 Å². The van der Waals surface area contributed by atoms with E-state index in [4.69, 9.17) is 9.15 Å². The molecule has 2 heterocycles. The third-order valence-corrected chi connectivity index (χ3v) is 5.41. The summed E-state index contributed by atoms with van der Waals surface area (Å²) in [5, 5.41) is 2.74. The standard InChI is InChI=1S/C25H27N3O4/c1-19-7-12-23(32-19)25(30)31-18-24(29)26-21-8-10-22(11-9-21)28-15-13-27(14-16-28)17-20-5-3-2-4-6-20/h2-12H,13-18H2,1H3,(H,26,29). The van der Waals surface area contributed by atoms with Crippen LogP contribution in [0.2, 0.25) is 0 Å². The molecule has 7 nitrogen and oxygen atoms in total. The van der Waals surface area contributed by atoms with Crippen LogP contribution in [-0.4, -0.2) is 49.6 Å². The summed E-state index contributed by atoms with van der Waals surface area (Å²) in [6.07, 6.45) is 0. The van der Waals surface area contributed by atoms with Gasteiger partial charge in [0, 0.05) is 44.1 Å². The van der Waals surface area contributed by atoms with Gasteiger partial charge in [-0.05, 0) is 48.9 Å². The minimum atomic E-state index is -0.657. The lowest BCUT2D eigenvalue weighted by Crippen LogP contribution is -2.45. The number of piperazine rings is 1. The van der Waals surface area contributed by atoms with E-state index in [0.717, 1.165) is 38.4 Å². The maximum atomic E-state index is 12.1. The fraction of sp³-hybridized carbons (Fsp3) is 0.280. The third kappa shape index (κ3) is 5.76. The van der Waals surface area contributed by atoms with E-state index >= 15 is 0 Å². The molecule has 1 amide bonds. The highest BCUT2D eigenvalue weighted by atomic mass is 16.5. The third-order valence-electron chi connectivity index (χ3n) is 5.41. The molecule has 1 aliphatic heterocycles. The Balaban J connectivity index is 1.22. The lowest BCUT2D eigenvalue weighted by atomic mass is 10.2. The number of hydrogen-bond acceptors (Lipinski definition) is 6. The van der Waals surface area contributed by atoms with Gasteiger partial charge in [0.1, 0.15) is 5.76 Å². The Hall–Kier alpha value is -3.58. The van der Waals surface area contributed by atoms with Gasteiger partial charge >= 0.3 is 5.97 Å². The number of carbonyl (C=O) groups is 2. The van der Waals surface area contributed by atoms with Crippen LogP contribution >= 0.6 is 0 Å². The number of anilines is 2. The molecule has 0 spiro atoms. The van der Waals surface area contributed by atoms with Crippen molar-refractivity contribution in [1.82, 2.24) is 4.90 Å². The van der Waals surface area contributed by atoms with Crippen LogP contribution in [0.15, 0.2) is 71.1 Å².